The van der Waals surface area contributed by atoms with Crippen molar-refractivity contribution >= 4 is 17.7 Å². The van der Waals surface area contributed by atoms with Crippen molar-refractivity contribution in [3.8, 4) is 0 Å². The second kappa shape index (κ2) is 8.64. The zero-order valence-corrected chi connectivity index (χ0v) is 14.0. The van der Waals surface area contributed by atoms with Gasteiger partial charge in [0.2, 0.25) is 5.91 Å². The van der Waals surface area contributed by atoms with Gasteiger partial charge in [-0.3, -0.25) is 4.79 Å². The fraction of sp³-hybridized carbons (Fsp3) is 0.316. The molecule has 0 fully saturated rings. The van der Waals surface area contributed by atoms with Crippen LogP contribution in [0, 0.1) is 0 Å². The van der Waals surface area contributed by atoms with Gasteiger partial charge in [0.15, 0.2) is 0 Å². The van der Waals surface area contributed by atoms with Crippen LogP contribution in [0.5, 0.6) is 0 Å². The molecule has 1 N–H and O–H groups in total. The third-order valence-electron chi connectivity index (χ3n) is 3.66. The third-order valence-corrected chi connectivity index (χ3v) is 4.88. The van der Waals surface area contributed by atoms with Crippen LogP contribution >= 0.6 is 11.8 Å². The molecule has 0 saturated heterocycles. The Morgan fingerprint density at radius 3 is 2.23 bits per heavy atom. The van der Waals surface area contributed by atoms with Gasteiger partial charge in [-0.25, -0.2) is 0 Å². The molecule has 2 nitrogen and oxygen atoms in total. The maximum Gasteiger partial charge on any atom is 0.232 e. The third kappa shape index (κ3) is 5.23. The lowest BCUT2D eigenvalue weighted by Crippen LogP contribution is -2.33. The number of carbonyl (C=O) groups is 1. The molecule has 0 aliphatic heterocycles. The molecule has 22 heavy (non-hydrogen) atoms. The molecular weight excluding hydrogens is 290 g/mol. The molecule has 2 atom stereocenters. The summed E-state index contributed by atoms with van der Waals surface area (Å²) in [6.45, 7) is 4.78. The monoisotopic (exact) mass is 313 g/mol. The van der Waals surface area contributed by atoms with Crippen molar-refractivity contribution in [3.05, 3.63) is 71.8 Å². The lowest BCUT2D eigenvalue weighted by atomic mass is 10.0. The quantitative estimate of drug-likeness (QED) is 0.829. The van der Waals surface area contributed by atoms with Crippen LogP contribution in [0.1, 0.15) is 30.9 Å². The number of hydrogen-bond acceptors (Lipinski definition) is 2. The molecule has 0 aliphatic rings. The second-order valence-corrected chi connectivity index (χ2v) is 6.82. The van der Waals surface area contributed by atoms with E-state index in [2.05, 4.69) is 36.5 Å². The van der Waals surface area contributed by atoms with Gasteiger partial charge in [-0.15, -0.1) is 11.8 Å². The highest BCUT2D eigenvalue weighted by Gasteiger charge is 2.14. The van der Waals surface area contributed by atoms with Crippen LogP contribution in [-0.4, -0.2) is 17.7 Å². The van der Waals surface area contributed by atoms with E-state index in [1.54, 1.807) is 11.8 Å². The average molecular weight is 313 g/mol. The Kier molecular flexibility index (Phi) is 6.53. The number of rotatable bonds is 7. The van der Waals surface area contributed by atoms with Gasteiger partial charge in [0, 0.05) is 12.3 Å². The van der Waals surface area contributed by atoms with Crippen LogP contribution < -0.4 is 5.32 Å². The van der Waals surface area contributed by atoms with E-state index in [1.807, 2.05) is 43.3 Å². The molecule has 1 amide bonds. The van der Waals surface area contributed by atoms with Gasteiger partial charge in [-0.1, -0.05) is 67.6 Å². The Labute approximate surface area is 137 Å². The molecule has 0 bridgehead atoms. The molecule has 0 saturated carbocycles. The first-order valence-electron chi connectivity index (χ1n) is 7.65. The van der Waals surface area contributed by atoms with Gasteiger partial charge in [0.05, 0.1) is 5.25 Å². The lowest BCUT2D eigenvalue weighted by molar-refractivity contribution is -0.120. The summed E-state index contributed by atoms with van der Waals surface area (Å²) in [5, 5.41) is 3.02. The first-order chi connectivity index (χ1) is 10.7. The molecule has 0 radical (unpaired) electrons. The largest absolute Gasteiger partial charge is 0.355 e. The summed E-state index contributed by atoms with van der Waals surface area (Å²) in [5.74, 6) is 1.31. The fourth-order valence-corrected chi connectivity index (χ4v) is 3.04. The van der Waals surface area contributed by atoms with Gasteiger partial charge in [-0.2, -0.15) is 0 Å². The minimum Gasteiger partial charge on any atom is -0.355 e. The molecule has 3 heteroatoms. The highest BCUT2D eigenvalue weighted by Crippen LogP contribution is 2.18. The first kappa shape index (κ1) is 16.6. The first-order valence-corrected chi connectivity index (χ1v) is 8.70. The smallest absolute Gasteiger partial charge is 0.232 e. The van der Waals surface area contributed by atoms with Crippen molar-refractivity contribution in [1.29, 1.82) is 0 Å². The van der Waals surface area contributed by atoms with Gasteiger partial charge < -0.3 is 5.32 Å². The van der Waals surface area contributed by atoms with Crippen molar-refractivity contribution in [1.82, 2.24) is 5.32 Å². The maximum atomic E-state index is 12.2. The lowest BCUT2D eigenvalue weighted by Gasteiger charge is -2.16. The zero-order valence-electron chi connectivity index (χ0n) is 13.2. The standard InChI is InChI=1S/C19H23NOS/c1-15(18-11-7-4-8-12-18)13-20-19(21)16(2)22-14-17-9-5-3-6-10-17/h3-12,15-16H,13-14H2,1-2H3,(H,20,21)/t15-,16-/m1/s1. The Morgan fingerprint density at radius 2 is 1.59 bits per heavy atom. The summed E-state index contributed by atoms with van der Waals surface area (Å²) in [5.41, 5.74) is 2.51. The van der Waals surface area contributed by atoms with E-state index in [-0.39, 0.29) is 11.2 Å². The summed E-state index contributed by atoms with van der Waals surface area (Å²) in [4.78, 5) is 12.2. The molecule has 0 unspecified atom stereocenters. The minimum atomic E-state index is -0.0387. The molecule has 116 valence electrons. The SMILES string of the molecule is C[C@H](CNC(=O)[C@@H](C)SCc1ccccc1)c1ccccc1. The Hall–Kier alpha value is -1.74. The molecule has 0 heterocycles. The number of amides is 1. The van der Waals surface area contributed by atoms with Crippen LogP contribution in [0.2, 0.25) is 0 Å². The van der Waals surface area contributed by atoms with Crippen molar-refractivity contribution in [3.63, 3.8) is 0 Å². The van der Waals surface area contributed by atoms with E-state index < -0.39 is 0 Å². The Balaban J connectivity index is 1.74. The zero-order chi connectivity index (χ0) is 15.8. The van der Waals surface area contributed by atoms with Gasteiger partial charge in [-0.05, 0) is 24.0 Å². The number of carbonyl (C=O) groups excluding carboxylic acids is 1. The average Bonchev–Trinajstić information content (AvgIpc) is 2.58. The second-order valence-electron chi connectivity index (χ2n) is 5.50. The van der Waals surface area contributed by atoms with Crippen molar-refractivity contribution in [2.75, 3.05) is 6.54 Å². The highest BCUT2D eigenvalue weighted by atomic mass is 32.2. The van der Waals surface area contributed by atoms with Crippen LogP contribution in [0.25, 0.3) is 0 Å². The van der Waals surface area contributed by atoms with Crippen LogP contribution in [-0.2, 0) is 10.5 Å². The topological polar surface area (TPSA) is 29.1 Å². The molecular formula is C19H23NOS. The molecule has 2 aromatic carbocycles. The van der Waals surface area contributed by atoms with E-state index in [0.29, 0.717) is 12.5 Å². The summed E-state index contributed by atoms with van der Waals surface area (Å²) in [6.07, 6.45) is 0. The predicted molar refractivity (Wildman–Crippen MR) is 95.1 cm³/mol. The van der Waals surface area contributed by atoms with Gasteiger partial charge in [0.1, 0.15) is 0 Å². The van der Waals surface area contributed by atoms with E-state index in [9.17, 15) is 4.79 Å². The van der Waals surface area contributed by atoms with E-state index in [4.69, 9.17) is 0 Å². The highest BCUT2D eigenvalue weighted by molar-refractivity contribution is 7.99. The molecule has 0 aliphatic carbocycles. The molecule has 2 rings (SSSR count). The van der Waals surface area contributed by atoms with E-state index in [1.165, 1.54) is 11.1 Å². The summed E-state index contributed by atoms with van der Waals surface area (Å²) < 4.78 is 0. The maximum absolute atomic E-state index is 12.2. The number of thioether (sulfide) groups is 1. The molecule has 0 spiro atoms. The van der Waals surface area contributed by atoms with E-state index in [0.717, 1.165) is 5.75 Å². The fourth-order valence-electron chi connectivity index (χ4n) is 2.17. The number of nitrogens with one attached hydrogen (secondary N) is 1. The Morgan fingerprint density at radius 1 is 1.00 bits per heavy atom. The van der Waals surface area contributed by atoms with Crippen LogP contribution in [0.3, 0.4) is 0 Å². The summed E-state index contributed by atoms with van der Waals surface area (Å²) in [6, 6.07) is 20.5. The van der Waals surface area contributed by atoms with E-state index >= 15 is 0 Å². The molecule has 2 aromatic rings. The molecule has 0 aromatic heterocycles. The summed E-state index contributed by atoms with van der Waals surface area (Å²) in [7, 11) is 0. The Bertz CT molecular complexity index is 571. The van der Waals surface area contributed by atoms with Crippen LogP contribution in [0.15, 0.2) is 60.7 Å². The van der Waals surface area contributed by atoms with Crippen molar-refractivity contribution in [2.24, 2.45) is 0 Å². The number of benzene rings is 2. The minimum absolute atomic E-state index is 0.0387. The van der Waals surface area contributed by atoms with Crippen molar-refractivity contribution in [2.45, 2.75) is 30.8 Å². The van der Waals surface area contributed by atoms with Crippen molar-refractivity contribution < 1.29 is 4.79 Å². The van der Waals surface area contributed by atoms with Gasteiger partial charge in [0.25, 0.3) is 0 Å². The van der Waals surface area contributed by atoms with Crippen LogP contribution in [0.4, 0.5) is 0 Å². The number of hydrogen-bond donors (Lipinski definition) is 1. The summed E-state index contributed by atoms with van der Waals surface area (Å²) >= 11 is 1.67. The van der Waals surface area contributed by atoms with Gasteiger partial charge >= 0.3 is 0 Å². The normalized spacial score (nSPS) is 13.4. The predicted octanol–water partition coefficient (Wildman–Crippen LogP) is 4.23.